The lowest BCUT2D eigenvalue weighted by Gasteiger charge is -2.14. The molecule has 0 bridgehead atoms. The summed E-state index contributed by atoms with van der Waals surface area (Å²) in [4.78, 5) is 11.2. The number of nitrogens with one attached hydrogen (secondary N) is 1. The summed E-state index contributed by atoms with van der Waals surface area (Å²) in [5, 5.41) is 2.62. The highest BCUT2D eigenvalue weighted by molar-refractivity contribution is 5.82. The molecule has 2 atom stereocenters. The van der Waals surface area contributed by atoms with E-state index >= 15 is 0 Å². The van der Waals surface area contributed by atoms with Crippen LogP contribution in [0.1, 0.15) is 13.3 Å². The maximum absolute atomic E-state index is 11.2. The predicted molar refractivity (Wildman–Crippen MR) is 50.9 cm³/mol. The van der Waals surface area contributed by atoms with Gasteiger partial charge in [0.15, 0.2) is 0 Å². The van der Waals surface area contributed by atoms with E-state index in [0.29, 0.717) is 6.42 Å². The first-order chi connectivity index (χ1) is 6.15. The minimum absolute atomic E-state index is 0.201. The van der Waals surface area contributed by atoms with E-state index in [0.717, 1.165) is 0 Å². The molecule has 0 radical (unpaired) electrons. The van der Waals surface area contributed by atoms with Gasteiger partial charge in [-0.3, -0.25) is 4.79 Å². The van der Waals surface area contributed by atoms with E-state index < -0.39 is 6.04 Å². The molecule has 0 saturated carbocycles. The van der Waals surface area contributed by atoms with Crippen LogP contribution in [0.15, 0.2) is 0 Å². The molecule has 1 amide bonds. The summed E-state index contributed by atoms with van der Waals surface area (Å²) >= 11 is 0. The molecule has 4 nitrogen and oxygen atoms in total. The van der Waals surface area contributed by atoms with Crippen molar-refractivity contribution in [3.05, 3.63) is 0 Å². The summed E-state index contributed by atoms with van der Waals surface area (Å²) < 4.78 is 4.74. The van der Waals surface area contributed by atoms with Gasteiger partial charge in [0.05, 0.1) is 12.6 Å². The van der Waals surface area contributed by atoms with Crippen LogP contribution in [0.3, 0.4) is 0 Å². The molecule has 0 aromatic carbocycles. The zero-order valence-corrected chi connectivity index (χ0v) is 8.04. The highest BCUT2D eigenvalue weighted by atomic mass is 16.5. The van der Waals surface area contributed by atoms with Crippen LogP contribution < -0.4 is 11.1 Å². The van der Waals surface area contributed by atoms with Gasteiger partial charge < -0.3 is 15.8 Å². The molecule has 3 N–H and O–H groups in total. The van der Waals surface area contributed by atoms with Crippen molar-refractivity contribution >= 4 is 5.91 Å². The Morgan fingerprint density at radius 2 is 2.38 bits per heavy atom. The average Bonchev–Trinajstić information content (AvgIpc) is 2.14. The van der Waals surface area contributed by atoms with Crippen molar-refractivity contribution < 1.29 is 9.53 Å². The number of rotatable bonds is 5. The Morgan fingerprint density at radius 1 is 1.77 bits per heavy atom. The first-order valence-electron chi connectivity index (χ1n) is 4.16. The van der Waals surface area contributed by atoms with Crippen LogP contribution >= 0.6 is 0 Å². The molecule has 0 aromatic heterocycles. The summed E-state index contributed by atoms with van der Waals surface area (Å²) in [6, 6.07) is -0.886. The van der Waals surface area contributed by atoms with Gasteiger partial charge in [0, 0.05) is 7.11 Å². The monoisotopic (exact) mass is 184 g/mol. The minimum atomic E-state index is -0.646. The molecule has 0 aliphatic rings. The van der Waals surface area contributed by atoms with Gasteiger partial charge in [-0.1, -0.05) is 12.8 Å². The molecule has 2 unspecified atom stereocenters. The van der Waals surface area contributed by atoms with Crippen LogP contribution in [0.25, 0.3) is 0 Å². The van der Waals surface area contributed by atoms with Gasteiger partial charge in [0.2, 0.25) is 5.91 Å². The van der Waals surface area contributed by atoms with Crippen molar-refractivity contribution in [3.8, 4) is 12.3 Å². The SMILES string of the molecule is C#CC(CC)NC(=O)C(N)COC. The van der Waals surface area contributed by atoms with E-state index in [-0.39, 0.29) is 18.6 Å². The van der Waals surface area contributed by atoms with Crippen LogP contribution in [0.5, 0.6) is 0 Å². The number of ether oxygens (including phenoxy) is 1. The Hall–Kier alpha value is -1.05. The smallest absolute Gasteiger partial charge is 0.240 e. The molecule has 13 heavy (non-hydrogen) atoms. The highest BCUT2D eigenvalue weighted by Crippen LogP contribution is 1.89. The van der Waals surface area contributed by atoms with Gasteiger partial charge in [-0.15, -0.1) is 6.42 Å². The Labute approximate surface area is 78.8 Å². The number of carbonyl (C=O) groups excluding carboxylic acids is 1. The second-order valence-corrected chi connectivity index (χ2v) is 2.70. The third-order valence-corrected chi connectivity index (χ3v) is 1.61. The van der Waals surface area contributed by atoms with Gasteiger partial charge in [-0.25, -0.2) is 0 Å². The number of nitrogens with two attached hydrogens (primary N) is 1. The van der Waals surface area contributed by atoms with Gasteiger partial charge in [-0.2, -0.15) is 0 Å². The van der Waals surface area contributed by atoms with E-state index in [1.165, 1.54) is 7.11 Å². The molecule has 0 fully saturated rings. The number of amides is 1. The van der Waals surface area contributed by atoms with Crippen molar-refractivity contribution in [3.63, 3.8) is 0 Å². The topological polar surface area (TPSA) is 64.4 Å². The third-order valence-electron chi connectivity index (χ3n) is 1.61. The fourth-order valence-corrected chi connectivity index (χ4v) is 0.796. The first-order valence-corrected chi connectivity index (χ1v) is 4.16. The fourth-order valence-electron chi connectivity index (χ4n) is 0.796. The Balaban J connectivity index is 3.92. The molecule has 74 valence electrons. The van der Waals surface area contributed by atoms with Crippen molar-refractivity contribution in [2.24, 2.45) is 5.73 Å². The maximum atomic E-state index is 11.2. The van der Waals surface area contributed by atoms with Crippen LogP contribution in [0, 0.1) is 12.3 Å². The van der Waals surface area contributed by atoms with Crippen molar-refractivity contribution in [2.45, 2.75) is 25.4 Å². The maximum Gasteiger partial charge on any atom is 0.240 e. The van der Waals surface area contributed by atoms with Crippen LogP contribution in [0.4, 0.5) is 0 Å². The van der Waals surface area contributed by atoms with Crippen LogP contribution in [0.2, 0.25) is 0 Å². The van der Waals surface area contributed by atoms with E-state index in [1.54, 1.807) is 0 Å². The summed E-state index contributed by atoms with van der Waals surface area (Å²) in [7, 11) is 1.49. The van der Waals surface area contributed by atoms with Gasteiger partial charge >= 0.3 is 0 Å². The highest BCUT2D eigenvalue weighted by Gasteiger charge is 2.15. The lowest BCUT2D eigenvalue weighted by molar-refractivity contribution is -0.123. The number of hydrogen-bond donors (Lipinski definition) is 2. The fraction of sp³-hybridized carbons (Fsp3) is 0.667. The van der Waals surface area contributed by atoms with Crippen LogP contribution in [-0.4, -0.2) is 31.7 Å². The molecule has 0 aliphatic heterocycles. The quantitative estimate of drug-likeness (QED) is 0.565. The standard InChI is InChI=1S/C9H16N2O2/c1-4-7(5-2)11-9(12)8(10)6-13-3/h1,7-8H,5-6,10H2,2-3H3,(H,11,12). The average molecular weight is 184 g/mol. The first kappa shape index (κ1) is 11.9. The molecule has 0 aliphatic carbocycles. The summed E-state index contributed by atoms with van der Waals surface area (Å²) in [5.74, 6) is 2.18. The Bertz CT molecular complexity index is 198. The number of carbonyl (C=O) groups is 1. The van der Waals surface area contributed by atoms with Crippen LogP contribution in [-0.2, 0) is 9.53 Å². The molecule has 4 heteroatoms. The molecule has 0 rings (SSSR count). The molecule has 0 saturated heterocycles. The molecule has 0 aromatic rings. The normalized spacial score (nSPS) is 14.3. The second-order valence-electron chi connectivity index (χ2n) is 2.70. The lowest BCUT2D eigenvalue weighted by atomic mass is 10.2. The van der Waals surface area contributed by atoms with Gasteiger partial charge in [0.25, 0.3) is 0 Å². The molecular formula is C9H16N2O2. The summed E-state index contributed by atoms with van der Waals surface area (Å²) in [6.45, 7) is 2.10. The summed E-state index contributed by atoms with van der Waals surface area (Å²) in [6.07, 6.45) is 5.87. The summed E-state index contributed by atoms with van der Waals surface area (Å²) in [5.41, 5.74) is 5.48. The largest absolute Gasteiger partial charge is 0.383 e. The van der Waals surface area contributed by atoms with Crippen molar-refractivity contribution in [1.82, 2.24) is 5.32 Å². The van der Waals surface area contributed by atoms with Crippen molar-refractivity contribution in [2.75, 3.05) is 13.7 Å². The van der Waals surface area contributed by atoms with E-state index in [9.17, 15) is 4.79 Å². The van der Waals surface area contributed by atoms with Crippen molar-refractivity contribution in [1.29, 1.82) is 0 Å². The lowest BCUT2D eigenvalue weighted by Crippen LogP contribution is -2.46. The van der Waals surface area contributed by atoms with Gasteiger partial charge in [-0.05, 0) is 6.42 Å². The minimum Gasteiger partial charge on any atom is -0.383 e. The van der Waals surface area contributed by atoms with E-state index in [4.69, 9.17) is 16.9 Å². The second kappa shape index (κ2) is 6.46. The zero-order valence-electron chi connectivity index (χ0n) is 8.04. The zero-order chi connectivity index (χ0) is 10.3. The molecule has 0 spiro atoms. The van der Waals surface area contributed by atoms with Gasteiger partial charge in [0.1, 0.15) is 6.04 Å². The number of methoxy groups -OCH3 is 1. The van der Waals surface area contributed by atoms with E-state index in [2.05, 4.69) is 11.2 Å². The third kappa shape index (κ3) is 4.51. The molecule has 0 heterocycles. The Morgan fingerprint density at radius 3 is 2.77 bits per heavy atom. The Kier molecular flexibility index (Phi) is 5.94. The predicted octanol–water partition coefficient (Wildman–Crippen LogP) is -0.512. The number of terminal acetylenes is 1. The van der Waals surface area contributed by atoms with E-state index in [1.807, 2.05) is 6.92 Å². The number of hydrogen-bond acceptors (Lipinski definition) is 3. The molecular weight excluding hydrogens is 168 g/mol.